The predicted molar refractivity (Wildman–Crippen MR) is 222 cm³/mol. The molecule has 4 rings (SSSR count). The number of anilines is 1. The van der Waals surface area contributed by atoms with Gasteiger partial charge in [-0.3, -0.25) is 34.2 Å². The molecule has 2 aliphatic rings. The van der Waals surface area contributed by atoms with Crippen LogP contribution in [0.25, 0.3) is 0 Å². The van der Waals surface area contributed by atoms with Crippen molar-refractivity contribution in [3.63, 3.8) is 0 Å². The molecule has 0 saturated carbocycles. The number of hydrogen-bond acceptors (Lipinski definition) is 18. The number of carbonyl (C=O) groups is 6. The summed E-state index contributed by atoms with van der Waals surface area (Å²) in [4.78, 5) is 74.6. The maximum absolute atomic E-state index is 13.2. The lowest BCUT2D eigenvalue weighted by Crippen LogP contribution is -2.54. The van der Waals surface area contributed by atoms with Gasteiger partial charge < -0.3 is 57.4 Å². The molecule has 0 radical (unpaired) electrons. The lowest BCUT2D eigenvalue weighted by Gasteiger charge is -2.27. The van der Waals surface area contributed by atoms with Crippen LogP contribution in [0.1, 0.15) is 43.9 Å². The van der Waals surface area contributed by atoms with Crippen molar-refractivity contribution in [2.45, 2.75) is 18.9 Å². The third-order valence-electron chi connectivity index (χ3n) is 9.06. The Kier molecular flexibility index (Phi) is 25.2. The minimum absolute atomic E-state index is 0.0179. The van der Waals surface area contributed by atoms with Crippen molar-refractivity contribution in [2.75, 3.05) is 151 Å². The van der Waals surface area contributed by atoms with E-state index >= 15 is 0 Å². The number of benzene rings is 2. The van der Waals surface area contributed by atoms with Crippen molar-refractivity contribution in [2.24, 2.45) is 0 Å². The van der Waals surface area contributed by atoms with Gasteiger partial charge in [-0.25, -0.2) is 4.79 Å². The standard InChI is InChI=1S/C43H59N3O17/c47-37-10-9-36(40(49)45-37)46-41(50)34-7-4-8-35(38(34)42(46)51)44-11-12-53-13-14-54-15-16-55-17-18-56-19-20-57-21-22-58-23-24-59-25-26-60-27-28-61-29-30-62-31-32-63-43(52)39(48)33-5-2-1-3-6-33/h1-8,36,44H,9-32H2,(H,45,47,49). The fraction of sp³-hybridized carbons (Fsp3) is 0.581. The molecule has 2 aliphatic heterocycles. The van der Waals surface area contributed by atoms with Gasteiger partial charge in [0, 0.05) is 24.2 Å². The Hall–Kier alpha value is -4.74. The van der Waals surface area contributed by atoms with E-state index in [4.69, 9.17) is 52.1 Å². The Morgan fingerprint density at radius 2 is 0.984 bits per heavy atom. The SMILES string of the molecule is O=C1CCC(N2C(=O)c3cccc(NCCOCCOCCOCCOCCOCCOCCOCCOCCOCCOCCOC(=O)C(=O)c4ccccc4)c3C2=O)C(=O)N1. The van der Waals surface area contributed by atoms with E-state index in [0.717, 1.165) is 4.90 Å². The zero-order chi connectivity index (χ0) is 44.7. The molecule has 0 spiro atoms. The highest BCUT2D eigenvalue weighted by atomic mass is 16.6. The van der Waals surface area contributed by atoms with E-state index in [-0.39, 0.29) is 42.7 Å². The molecule has 1 fully saturated rings. The van der Waals surface area contributed by atoms with Crippen LogP contribution in [0.3, 0.4) is 0 Å². The van der Waals surface area contributed by atoms with Gasteiger partial charge in [-0.05, 0) is 18.6 Å². The first-order chi connectivity index (χ1) is 30.9. The van der Waals surface area contributed by atoms with Crippen molar-refractivity contribution < 1.29 is 80.9 Å². The van der Waals surface area contributed by atoms with Crippen LogP contribution >= 0.6 is 0 Å². The zero-order valence-electron chi connectivity index (χ0n) is 35.6. The van der Waals surface area contributed by atoms with E-state index in [1.165, 1.54) is 0 Å². The summed E-state index contributed by atoms with van der Waals surface area (Å²) < 4.78 is 59.7. The van der Waals surface area contributed by atoms with E-state index in [9.17, 15) is 28.8 Å². The van der Waals surface area contributed by atoms with Crippen LogP contribution in [0.2, 0.25) is 0 Å². The molecule has 0 aliphatic carbocycles. The van der Waals surface area contributed by atoms with Gasteiger partial charge in [-0.15, -0.1) is 0 Å². The van der Waals surface area contributed by atoms with Crippen LogP contribution in [0, 0.1) is 0 Å². The summed E-state index contributed by atoms with van der Waals surface area (Å²) in [5.41, 5.74) is 1.17. The molecule has 2 N–H and O–H groups in total. The molecule has 0 bridgehead atoms. The molecule has 63 heavy (non-hydrogen) atoms. The highest BCUT2D eigenvalue weighted by Gasteiger charge is 2.45. The van der Waals surface area contributed by atoms with Crippen LogP contribution in [-0.4, -0.2) is 192 Å². The number of fused-ring (bicyclic) bond motifs is 1. The first kappa shape index (κ1) is 50.9. The second-order valence-corrected chi connectivity index (χ2v) is 13.6. The predicted octanol–water partition coefficient (Wildman–Crippen LogP) is 1.09. The van der Waals surface area contributed by atoms with Crippen molar-refractivity contribution in [1.82, 2.24) is 10.2 Å². The number of nitrogens with zero attached hydrogens (tertiary/aromatic N) is 1. The fourth-order valence-corrected chi connectivity index (χ4v) is 5.97. The number of imide groups is 2. The first-order valence-corrected chi connectivity index (χ1v) is 21.0. The van der Waals surface area contributed by atoms with Crippen LogP contribution in [0.4, 0.5) is 5.69 Å². The molecule has 20 heteroatoms. The number of carbonyl (C=O) groups excluding carboxylic acids is 6. The summed E-state index contributed by atoms with van der Waals surface area (Å²) in [6.07, 6.45) is 0.155. The van der Waals surface area contributed by atoms with E-state index < -0.39 is 41.4 Å². The maximum atomic E-state index is 13.2. The number of Topliss-reactive ketones (excluding diaryl/α,β-unsaturated/α-hetero) is 1. The molecule has 1 saturated heterocycles. The van der Waals surface area contributed by atoms with Crippen LogP contribution in [0.5, 0.6) is 0 Å². The van der Waals surface area contributed by atoms with Gasteiger partial charge in [0.1, 0.15) is 12.6 Å². The van der Waals surface area contributed by atoms with Crippen LogP contribution in [0.15, 0.2) is 48.5 Å². The summed E-state index contributed by atoms with van der Waals surface area (Å²) in [5, 5.41) is 5.32. The van der Waals surface area contributed by atoms with E-state index in [1.807, 2.05) is 0 Å². The van der Waals surface area contributed by atoms with Gasteiger partial charge in [0.05, 0.1) is 143 Å². The Balaban J connectivity index is 0.810. The molecule has 2 aromatic carbocycles. The van der Waals surface area contributed by atoms with Crippen molar-refractivity contribution in [3.05, 3.63) is 65.2 Å². The summed E-state index contributed by atoms with van der Waals surface area (Å²) in [6, 6.07) is 12.1. The molecule has 1 unspecified atom stereocenters. The zero-order valence-corrected chi connectivity index (χ0v) is 35.6. The molecular formula is C43H59N3O17. The van der Waals surface area contributed by atoms with Gasteiger partial charge in [-0.2, -0.15) is 0 Å². The largest absolute Gasteiger partial charge is 0.457 e. The lowest BCUT2D eigenvalue weighted by molar-refractivity contribution is -0.140. The van der Waals surface area contributed by atoms with Gasteiger partial charge >= 0.3 is 5.97 Å². The Morgan fingerprint density at radius 1 is 0.540 bits per heavy atom. The topological polar surface area (TPSA) is 231 Å². The first-order valence-electron chi connectivity index (χ1n) is 21.0. The molecule has 1 atom stereocenters. The van der Waals surface area contributed by atoms with E-state index in [2.05, 4.69) is 10.6 Å². The molecule has 2 heterocycles. The average molecular weight is 890 g/mol. The highest BCUT2D eigenvalue weighted by molar-refractivity contribution is 6.40. The minimum atomic E-state index is -1.02. The van der Waals surface area contributed by atoms with Crippen molar-refractivity contribution >= 4 is 41.1 Å². The maximum Gasteiger partial charge on any atom is 0.379 e. The molecule has 4 amide bonds. The Labute approximate surface area is 366 Å². The number of esters is 1. The highest BCUT2D eigenvalue weighted by Crippen LogP contribution is 2.32. The van der Waals surface area contributed by atoms with Gasteiger partial charge in [0.15, 0.2) is 0 Å². The normalized spacial score (nSPS) is 14.9. The molecule has 0 aromatic heterocycles. The summed E-state index contributed by atoms with van der Waals surface area (Å²) in [7, 11) is 0. The van der Waals surface area contributed by atoms with Gasteiger partial charge in [0.2, 0.25) is 11.8 Å². The minimum Gasteiger partial charge on any atom is -0.457 e. The average Bonchev–Trinajstić information content (AvgIpc) is 3.55. The summed E-state index contributed by atoms with van der Waals surface area (Å²) >= 11 is 0. The number of ketones is 1. The number of amides is 4. The molecule has 20 nitrogen and oxygen atoms in total. The van der Waals surface area contributed by atoms with Crippen LogP contribution in [-0.2, 0) is 66.5 Å². The van der Waals surface area contributed by atoms with Gasteiger partial charge in [0.25, 0.3) is 17.6 Å². The number of rotatable bonds is 37. The number of hydrogen-bond donors (Lipinski definition) is 2. The molecule has 2 aromatic rings. The van der Waals surface area contributed by atoms with Crippen LogP contribution < -0.4 is 10.6 Å². The van der Waals surface area contributed by atoms with E-state index in [1.54, 1.807) is 48.5 Å². The Bertz CT molecular complexity index is 1700. The third-order valence-corrected chi connectivity index (χ3v) is 9.06. The Morgan fingerprint density at radius 3 is 1.44 bits per heavy atom. The summed E-state index contributed by atoms with van der Waals surface area (Å²) in [6.45, 7) is 8.29. The number of ether oxygens (including phenoxy) is 11. The monoisotopic (exact) mass is 889 g/mol. The second kappa shape index (κ2) is 31.2. The van der Waals surface area contributed by atoms with Crippen molar-refractivity contribution in [1.29, 1.82) is 0 Å². The number of nitrogens with one attached hydrogen (secondary N) is 2. The van der Waals surface area contributed by atoms with Gasteiger partial charge in [-0.1, -0.05) is 36.4 Å². The second-order valence-electron chi connectivity index (χ2n) is 13.6. The third kappa shape index (κ3) is 19.3. The van der Waals surface area contributed by atoms with Crippen molar-refractivity contribution in [3.8, 4) is 0 Å². The number of piperidine rings is 1. The fourth-order valence-electron chi connectivity index (χ4n) is 5.97. The molecular weight excluding hydrogens is 830 g/mol. The smallest absolute Gasteiger partial charge is 0.379 e. The lowest BCUT2D eigenvalue weighted by atomic mass is 10.0. The summed E-state index contributed by atoms with van der Waals surface area (Å²) in [5.74, 6) is -3.79. The quantitative estimate of drug-likeness (QED) is 0.0318. The molecule has 348 valence electrons. The van der Waals surface area contributed by atoms with E-state index in [0.29, 0.717) is 138 Å².